The van der Waals surface area contributed by atoms with E-state index in [9.17, 15) is 18.0 Å². The van der Waals surface area contributed by atoms with Gasteiger partial charge in [-0.25, -0.2) is 4.98 Å². The molecule has 0 fully saturated rings. The SMILES string of the molecule is CNC(C)CNC(=O)c1cc(-c2cccc(C(F)(F)F)c2)nc2onc(C)c12.Cl. The van der Waals surface area contributed by atoms with Crippen LogP contribution < -0.4 is 10.6 Å². The predicted molar refractivity (Wildman–Crippen MR) is 105 cm³/mol. The van der Waals surface area contributed by atoms with Gasteiger partial charge < -0.3 is 15.2 Å². The monoisotopic (exact) mass is 428 g/mol. The summed E-state index contributed by atoms with van der Waals surface area (Å²) in [7, 11) is 1.78. The number of pyridine rings is 1. The Kier molecular flexibility index (Phi) is 6.86. The summed E-state index contributed by atoms with van der Waals surface area (Å²) in [6, 6.07) is 6.27. The van der Waals surface area contributed by atoms with Crippen LogP contribution in [0.15, 0.2) is 34.9 Å². The number of aryl methyl sites for hydroxylation is 1. The minimum atomic E-state index is -4.48. The summed E-state index contributed by atoms with van der Waals surface area (Å²) in [5.74, 6) is -0.381. The van der Waals surface area contributed by atoms with Gasteiger partial charge in [0.1, 0.15) is 0 Å². The van der Waals surface area contributed by atoms with Crippen LogP contribution in [0.25, 0.3) is 22.4 Å². The van der Waals surface area contributed by atoms with Crippen molar-refractivity contribution in [1.29, 1.82) is 0 Å². The van der Waals surface area contributed by atoms with Crippen LogP contribution >= 0.6 is 12.4 Å². The molecule has 0 aliphatic rings. The second-order valence-corrected chi connectivity index (χ2v) is 6.48. The minimum absolute atomic E-state index is 0. The third-order valence-corrected chi connectivity index (χ3v) is 4.41. The van der Waals surface area contributed by atoms with Crippen molar-refractivity contribution >= 4 is 29.4 Å². The highest BCUT2D eigenvalue weighted by molar-refractivity contribution is 6.07. The summed E-state index contributed by atoms with van der Waals surface area (Å²) in [6.45, 7) is 3.95. The third kappa shape index (κ3) is 4.86. The van der Waals surface area contributed by atoms with Crippen LogP contribution in [0.2, 0.25) is 0 Å². The number of benzene rings is 1. The van der Waals surface area contributed by atoms with E-state index in [0.29, 0.717) is 17.6 Å². The number of halogens is 4. The Bertz CT molecular complexity index is 1020. The van der Waals surface area contributed by atoms with Gasteiger partial charge in [-0.2, -0.15) is 13.2 Å². The van der Waals surface area contributed by atoms with Gasteiger partial charge in [-0.1, -0.05) is 17.3 Å². The highest BCUT2D eigenvalue weighted by Gasteiger charge is 2.30. The Labute approximate surface area is 171 Å². The molecule has 0 saturated carbocycles. The summed E-state index contributed by atoms with van der Waals surface area (Å²) in [6.07, 6.45) is -4.48. The van der Waals surface area contributed by atoms with Crippen LogP contribution in [0.4, 0.5) is 13.2 Å². The first kappa shape index (κ1) is 22.6. The smallest absolute Gasteiger partial charge is 0.350 e. The molecule has 2 heterocycles. The van der Waals surface area contributed by atoms with E-state index in [2.05, 4.69) is 20.8 Å². The minimum Gasteiger partial charge on any atom is -0.350 e. The summed E-state index contributed by atoms with van der Waals surface area (Å²) in [4.78, 5) is 17.0. The van der Waals surface area contributed by atoms with Crippen LogP contribution in [0.5, 0.6) is 0 Å². The Morgan fingerprint density at radius 1 is 1.28 bits per heavy atom. The van der Waals surface area contributed by atoms with Crippen molar-refractivity contribution in [2.75, 3.05) is 13.6 Å². The van der Waals surface area contributed by atoms with Gasteiger partial charge in [0.15, 0.2) is 0 Å². The van der Waals surface area contributed by atoms with Gasteiger partial charge in [0, 0.05) is 18.2 Å². The van der Waals surface area contributed by atoms with E-state index in [4.69, 9.17) is 4.52 Å². The van der Waals surface area contributed by atoms with E-state index in [1.54, 1.807) is 14.0 Å². The molecule has 1 aromatic carbocycles. The number of amides is 1. The molecule has 1 amide bonds. The lowest BCUT2D eigenvalue weighted by Gasteiger charge is -2.13. The lowest BCUT2D eigenvalue weighted by molar-refractivity contribution is -0.137. The van der Waals surface area contributed by atoms with Crippen molar-refractivity contribution in [3.63, 3.8) is 0 Å². The largest absolute Gasteiger partial charge is 0.416 e. The number of carbonyl (C=O) groups is 1. The molecule has 0 aliphatic carbocycles. The van der Waals surface area contributed by atoms with Crippen molar-refractivity contribution in [2.45, 2.75) is 26.1 Å². The van der Waals surface area contributed by atoms with Crippen molar-refractivity contribution in [2.24, 2.45) is 0 Å². The lowest BCUT2D eigenvalue weighted by Crippen LogP contribution is -2.37. The molecule has 1 atom stereocenters. The molecular weight excluding hydrogens is 409 g/mol. The van der Waals surface area contributed by atoms with Crippen molar-refractivity contribution in [3.05, 3.63) is 47.2 Å². The second-order valence-electron chi connectivity index (χ2n) is 6.48. The fraction of sp³-hybridized carbons (Fsp3) is 0.316. The Hall–Kier alpha value is -2.65. The molecular formula is C19H20ClF3N4O2. The number of hydrogen-bond donors (Lipinski definition) is 2. The van der Waals surface area contributed by atoms with Crippen LogP contribution in [-0.2, 0) is 6.18 Å². The van der Waals surface area contributed by atoms with Gasteiger partial charge in [-0.05, 0) is 39.1 Å². The van der Waals surface area contributed by atoms with Gasteiger partial charge in [0.25, 0.3) is 11.6 Å². The third-order valence-electron chi connectivity index (χ3n) is 4.41. The van der Waals surface area contributed by atoms with Gasteiger partial charge in [0.05, 0.1) is 27.9 Å². The maximum atomic E-state index is 13.0. The summed E-state index contributed by atoms with van der Waals surface area (Å²) in [5, 5.41) is 10.1. The zero-order valence-corrected chi connectivity index (χ0v) is 16.7. The number of aromatic nitrogens is 2. The van der Waals surface area contributed by atoms with E-state index < -0.39 is 11.7 Å². The number of alkyl halides is 3. The first-order valence-corrected chi connectivity index (χ1v) is 8.61. The van der Waals surface area contributed by atoms with Crippen molar-refractivity contribution in [1.82, 2.24) is 20.8 Å². The van der Waals surface area contributed by atoms with E-state index >= 15 is 0 Å². The normalized spacial score (nSPS) is 12.5. The first-order valence-electron chi connectivity index (χ1n) is 8.61. The standard InChI is InChI=1S/C19H19F3N4O2.ClH/c1-10(23-3)9-24-17(27)14-8-15(25-18-16(14)11(2)26-28-18)12-5-4-6-13(7-12)19(20,21)22;/h4-8,10,23H,9H2,1-3H3,(H,24,27);1H. The number of likely N-dealkylation sites (N-methyl/N-ethyl adjacent to an activating group) is 1. The highest BCUT2D eigenvalue weighted by Crippen LogP contribution is 2.33. The number of hydrogen-bond acceptors (Lipinski definition) is 5. The van der Waals surface area contributed by atoms with Gasteiger partial charge >= 0.3 is 6.18 Å². The number of nitrogens with one attached hydrogen (secondary N) is 2. The molecule has 0 saturated heterocycles. The highest BCUT2D eigenvalue weighted by atomic mass is 35.5. The zero-order valence-electron chi connectivity index (χ0n) is 15.9. The van der Waals surface area contributed by atoms with Crippen LogP contribution in [-0.4, -0.2) is 35.7 Å². The Morgan fingerprint density at radius 2 is 2.00 bits per heavy atom. The number of carbonyl (C=O) groups excluding carboxylic acids is 1. The summed E-state index contributed by atoms with van der Waals surface area (Å²) >= 11 is 0. The molecule has 1 unspecified atom stereocenters. The lowest BCUT2D eigenvalue weighted by atomic mass is 10.0. The molecule has 3 aromatic rings. The molecule has 2 aromatic heterocycles. The first-order chi connectivity index (χ1) is 13.2. The second kappa shape index (κ2) is 8.79. The molecule has 0 aliphatic heterocycles. The maximum Gasteiger partial charge on any atom is 0.416 e. The number of rotatable bonds is 5. The van der Waals surface area contributed by atoms with E-state index in [1.807, 2.05) is 6.92 Å². The molecule has 0 radical (unpaired) electrons. The van der Waals surface area contributed by atoms with Gasteiger partial charge in [-0.3, -0.25) is 4.79 Å². The van der Waals surface area contributed by atoms with Gasteiger partial charge in [0.2, 0.25) is 0 Å². The quantitative estimate of drug-likeness (QED) is 0.642. The number of nitrogens with zero attached hydrogens (tertiary/aromatic N) is 2. The maximum absolute atomic E-state index is 13.0. The van der Waals surface area contributed by atoms with Gasteiger partial charge in [-0.15, -0.1) is 12.4 Å². The summed E-state index contributed by atoms with van der Waals surface area (Å²) in [5.41, 5.74) is 0.447. The molecule has 10 heteroatoms. The molecule has 2 N–H and O–H groups in total. The molecule has 29 heavy (non-hydrogen) atoms. The number of fused-ring (bicyclic) bond motifs is 1. The molecule has 156 valence electrons. The van der Waals surface area contributed by atoms with Crippen molar-refractivity contribution in [3.8, 4) is 11.3 Å². The van der Waals surface area contributed by atoms with Crippen molar-refractivity contribution < 1.29 is 22.5 Å². The molecule has 0 bridgehead atoms. The fourth-order valence-electron chi connectivity index (χ4n) is 2.72. The zero-order chi connectivity index (χ0) is 20.5. The predicted octanol–water partition coefficient (Wildman–Crippen LogP) is 3.98. The Morgan fingerprint density at radius 3 is 2.66 bits per heavy atom. The molecule has 6 nitrogen and oxygen atoms in total. The summed E-state index contributed by atoms with van der Waals surface area (Å²) < 4.78 is 44.3. The Balaban J connectivity index is 0.00000300. The van der Waals surface area contributed by atoms with Crippen LogP contribution in [0.3, 0.4) is 0 Å². The van der Waals surface area contributed by atoms with E-state index in [-0.39, 0.29) is 46.9 Å². The topological polar surface area (TPSA) is 80.0 Å². The average Bonchev–Trinajstić information content (AvgIpc) is 3.05. The van der Waals surface area contributed by atoms with Crippen LogP contribution in [0, 0.1) is 6.92 Å². The van der Waals surface area contributed by atoms with E-state index in [0.717, 1.165) is 12.1 Å². The van der Waals surface area contributed by atoms with E-state index in [1.165, 1.54) is 18.2 Å². The fourth-order valence-corrected chi connectivity index (χ4v) is 2.72. The molecule has 3 rings (SSSR count). The average molecular weight is 429 g/mol. The van der Waals surface area contributed by atoms with Crippen LogP contribution in [0.1, 0.15) is 28.5 Å². The molecule has 0 spiro atoms.